The van der Waals surface area contributed by atoms with Gasteiger partial charge in [0.1, 0.15) is 0 Å². The van der Waals surface area contributed by atoms with Crippen molar-refractivity contribution in [1.82, 2.24) is 9.80 Å². The summed E-state index contributed by atoms with van der Waals surface area (Å²) >= 11 is 1.79. The lowest BCUT2D eigenvalue weighted by molar-refractivity contribution is -0.117. The third-order valence-electron chi connectivity index (χ3n) is 5.42. The van der Waals surface area contributed by atoms with Crippen molar-refractivity contribution < 1.29 is 4.79 Å². The molecule has 4 nitrogen and oxygen atoms in total. The van der Waals surface area contributed by atoms with E-state index >= 15 is 0 Å². The van der Waals surface area contributed by atoms with Crippen molar-refractivity contribution in [3.05, 3.63) is 52.2 Å². The van der Waals surface area contributed by atoms with Crippen molar-refractivity contribution in [2.75, 3.05) is 31.5 Å². The van der Waals surface area contributed by atoms with Gasteiger partial charge in [-0.05, 0) is 74.5 Å². The molecular formula is C21H27N3OS. The average molecular weight is 370 g/mol. The first-order chi connectivity index (χ1) is 12.8. The fraction of sp³-hybridized carbons (Fsp3) is 0.476. The summed E-state index contributed by atoms with van der Waals surface area (Å²) in [6, 6.07) is 13.0. The third-order valence-corrected chi connectivity index (χ3v) is 6.40. The van der Waals surface area contributed by atoms with E-state index in [1.165, 1.54) is 42.8 Å². The number of carbonyl (C=O) groups is 1. The molecule has 26 heavy (non-hydrogen) atoms. The molecular weight excluding hydrogens is 342 g/mol. The molecule has 0 unspecified atom stereocenters. The highest BCUT2D eigenvalue weighted by Crippen LogP contribution is 2.34. The van der Waals surface area contributed by atoms with Crippen LogP contribution in [-0.2, 0) is 11.3 Å². The molecule has 1 aromatic carbocycles. The third kappa shape index (κ3) is 4.34. The van der Waals surface area contributed by atoms with Crippen molar-refractivity contribution in [3.8, 4) is 0 Å². The largest absolute Gasteiger partial charge is 0.325 e. The van der Waals surface area contributed by atoms with Crippen LogP contribution in [0.5, 0.6) is 0 Å². The van der Waals surface area contributed by atoms with E-state index in [9.17, 15) is 4.79 Å². The Kier molecular flexibility index (Phi) is 5.68. The summed E-state index contributed by atoms with van der Waals surface area (Å²) < 4.78 is 0. The van der Waals surface area contributed by atoms with Crippen LogP contribution in [0.15, 0.2) is 41.8 Å². The summed E-state index contributed by atoms with van der Waals surface area (Å²) in [6.07, 6.45) is 4.95. The van der Waals surface area contributed by atoms with Crippen molar-refractivity contribution >= 4 is 22.9 Å². The van der Waals surface area contributed by atoms with Crippen LogP contribution in [0.1, 0.15) is 42.2 Å². The summed E-state index contributed by atoms with van der Waals surface area (Å²) in [7, 11) is 0. The Balaban J connectivity index is 1.30. The van der Waals surface area contributed by atoms with E-state index in [1.807, 2.05) is 12.1 Å². The number of hydrogen-bond donors (Lipinski definition) is 1. The van der Waals surface area contributed by atoms with E-state index in [-0.39, 0.29) is 5.91 Å². The van der Waals surface area contributed by atoms with Gasteiger partial charge in [-0.15, -0.1) is 11.3 Å². The lowest BCUT2D eigenvalue weighted by atomic mass is 10.2. The van der Waals surface area contributed by atoms with Gasteiger partial charge in [-0.25, -0.2) is 0 Å². The minimum atomic E-state index is 0.0840. The predicted molar refractivity (Wildman–Crippen MR) is 107 cm³/mol. The Hall–Kier alpha value is -1.69. The lowest BCUT2D eigenvalue weighted by Crippen LogP contribution is -2.32. The number of nitrogens with zero attached hydrogens (tertiary/aromatic N) is 2. The fourth-order valence-corrected chi connectivity index (χ4v) is 4.99. The molecule has 0 aliphatic carbocycles. The molecule has 0 radical (unpaired) electrons. The highest BCUT2D eigenvalue weighted by atomic mass is 32.1. The molecule has 3 heterocycles. The van der Waals surface area contributed by atoms with Gasteiger partial charge in [0.05, 0.1) is 6.54 Å². The topological polar surface area (TPSA) is 35.6 Å². The Morgan fingerprint density at radius 3 is 2.62 bits per heavy atom. The number of anilines is 1. The highest BCUT2D eigenvalue weighted by molar-refractivity contribution is 7.10. The first-order valence-corrected chi connectivity index (χ1v) is 10.5. The van der Waals surface area contributed by atoms with E-state index < -0.39 is 0 Å². The maximum absolute atomic E-state index is 12.5. The molecule has 1 amide bonds. The van der Waals surface area contributed by atoms with Crippen LogP contribution < -0.4 is 5.32 Å². The van der Waals surface area contributed by atoms with Crippen LogP contribution in [0, 0.1) is 0 Å². The van der Waals surface area contributed by atoms with E-state index in [1.54, 1.807) is 11.3 Å². The minimum absolute atomic E-state index is 0.0840. The van der Waals surface area contributed by atoms with E-state index in [0.29, 0.717) is 12.6 Å². The Morgan fingerprint density at radius 2 is 1.88 bits per heavy atom. The average Bonchev–Trinajstić information content (AvgIpc) is 3.38. The zero-order valence-corrected chi connectivity index (χ0v) is 16.0. The molecule has 138 valence electrons. The molecule has 2 saturated heterocycles. The SMILES string of the molecule is O=C(CN1CCC[C@@H]1c1cccs1)Nc1ccc(CN2CCCC2)cc1. The maximum Gasteiger partial charge on any atom is 0.238 e. The Labute approximate surface area is 159 Å². The molecule has 2 aliphatic heterocycles. The normalized spacial score (nSPS) is 21.3. The van der Waals surface area contributed by atoms with Crippen LogP contribution in [-0.4, -0.2) is 41.9 Å². The van der Waals surface area contributed by atoms with Crippen molar-refractivity contribution in [3.63, 3.8) is 0 Å². The molecule has 0 bridgehead atoms. The number of carbonyl (C=O) groups excluding carboxylic acids is 1. The highest BCUT2D eigenvalue weighted by Gasteiger charge is 2.28. The zero-order valence-electron chi connectivity index (χ0n) is 15.2. The Morgan fingerprint density at radius 1 is 1.08 bits per heavy atom. The van der Waals surface area contributed by atoms with E-state index in [2.05, 4.69) is 44.8 Å². The second-order valence-electron chi connectivity index (χ2n) is 7.37. The lowest BCUT2D eigenvalue weighted by Gasteiger charge is -2.23. The van der Waals surface area contributed by atoms with Crippen molar-refractivity contribution in [1.29, 1.82) is 0 Å². The molecule has 2 aromatic rings. The molecule has 2 fully saturated rings. The van der Waals surface area contributed by atoms with E-state index in [4.69, 9.17) is 0 Å². The van der Waals surface area contributed by atoms with E-state index in [0.717, 1.165) is 25.2 Å². The van der Waals surface area contributed by atoms with Crippen LogP contribution >= 0.6 is 11.3 Å². The zero-order chi connectivity index (χ0) is 17.8. The maximum atomic E-state index is 12.5. The number of thiophene rings is 1. The van der Waals surface area contributed by atoms with Crippen molar-refractivity contribution in [2.45, 2.75) is 38.3 Å². The first-order valence-electron chi connectivity index (χ1n) is 9.66. The fourth-order valence-electron chi connectivity index (χ4n) is 4.10. The smallest absolute Gasteiger partial charge is 0.238 e. The molecule has 2 aliphatic rings. The number of benzene rings is 1. The number of rotatable bonds is 6. The molecule has 5 heteroatoms. The van der Waals surface area contributed by atoms with Gasteiger partial charge in [0.15, 0.2) is 0 Å². The van der Waals surface area contributed by atoms with Gasteiger partial charge >= 0.3 is 0 Å². The van der Waals surface area contributed by atoms with Gasteiger partial charge in [0, 0.05) is 23.2 Å². The van der Waals surface area contributed by atoms with Crippen LogP contribution in [0.2, 0.25) is 0 Å². The van der Waals surface area contributed by atoms with Gasteiger partial charge in [0.2, 0.25) is 5.91 Å². The van der Waals surface area contributed by atoms with Crippen molar-refractivity contribution in [2.24, 2.45) is 0 Å². The second-order valence-corrected chi connectivity index (χ2v) is 8.35. The van der Waals surface area contributed by atoms with Crippen LogP contribution in [0.25, 0.3) is 0 Å². The molecule has 1 aromatic heterocycles. The number of nitrogens with one attached hydrogen (secondary N) is 1. The standard InChI is InChI=1S/C21H27N3OS/c25-21(16-24-13-3-5-19(24)20-6-4-14-26-20)22-18-9-7-17(8-10-18)15-23-11-1-2-12-23/h4,6-10,14,19H,1-3,5,11-13,15-16H2,(H,22,25)/t19-/m1/s1. The number of amides is 1. The molecule has 0 spiro atoms. The Bertz CT molecular complexity index is 707. The molecule has 1 atom stereocenters. The van der Waals surface area contributed by atoms with Gasteiger partial charge in [-0.1, -0.05) is 18.2 Å². The van der Waals surface area contributed by atoms with Crippen LogP contribution in [0.3, 0.4) is 0 Å². The van der Waals surface area contributed by atoms with Gasteiger partial charge in [0.25, 0.3) is 0 Å². The molecule has 4 rings (SSSR count). The molecule has 1 N–H and O–H groups in total. The summed E-state index contributed by atoms with van der Waals surface area (Å²) in [4.78, 5) is 18.7. The number of hydrogen-bond acceptors (Lipinski definition) is 4. The van der Waals surface area contributed by atoms with Gasteiger partial charge in [-0.2, -0.15) is 0 Å². The minimum Gasteiger partial charge on any atom is -0.325 e. The summed E-state index contributed by atoms with van der Waals surface area (Å²) in [5.74, 6) is 0.0840. The first kappa shape index (κ1) is 17.7. The summed E-state index contributed by atoms with van der Waals surface area (Å²) in [5.41, 5.74) is 2.22. The van der Waals surface area contributed by atoms with Gasteiger partial charge < -0.3 is 5.32 Å². The molecule has 0 saturated carbocycles. The quantitative estimate of drug-likeness (QED) is 0.832. The van der Waals surface area contributed by atoms with Gasteiger partial charge in [-0.3, -0.25) is 14.6 Å². The number of likely N-dealkylation sites (tertiary alicyclic amines) is 2. The van der Waals surface area contributed by atoms with Crippen LogP contribution in [0.4, 0.5) is 5.69 Å². The summed E-state index contributed by atoms with van der Waals surface area (Å²) in [5, 5.41) is 5.19. The predicted octanol–water partition coefficient (Wildman–Crippen LogP) is 4.12. The second kappa shape index (κ2) is 8.33. The monoisotopic (exact) mass is 369 g/mol. The summed E-state index contributed by atoms with van der Waals surface area (Å²) in [6.45, 7) is 4.91.